The summed E-state index contributed by atoms with van der Waals surface area (Å²) in [6.07, 6.45) is 2.79. The van der Waals surface area contributed by atoms with Crippen molar-refractivity contribution >= 4 is 33.3 Å². The summed E-state index contributed by atoms with van der Waals surface area (Å²) in [7, 11) is 1.64. The molecule has 0 spiro atoms. The molecule has 0 saturated carbocycles. The number of nitrogens with zero attached hydrogens (tertiary/aromatic N) is 2. The van der Waals surface area contributed by atoms with Crippen LogP contribution in [0.4, 0.5) is 16.2 Å². The third-order valence-electron chi connectivity index (χ3n) is 4.37. The van der Waals surface area contributed by atoms with Gasteiger partial charge in [-0.1, -0.05) is 22.0 Å². The van der Waals surface area contributed by atoms with Crippen LogP contribution >= 0.6 is 15.9 Å². The van der Waals surface area contributed by atoms with E-state index in [9.17, 15) is 4.79 Å². The lowest BCUT2D eigenvalue weighted by Crippen LogP contribution is -2.54. The Morgan fingerprint density at radius 3 is 2.08 bits per heavy atom. The molecule has 2 amide bonds. The molecule has 1 atom stereocenters. The maximum Gasteiger partial charge on any atom is 0.328 e. The molecule has 1 unspecified atom stereocenters. The Hall–Kier alpha value is -2.27. The number of carbonyl (C=O) groups excluding carboxylic acids is 1. The van der Waals surface area contributed by atoms with Gasteiger partial charge in [0.05, 0.1) is 7.11 Å². The van der Waals surface area contributed by atoms with Crippen LogP contribution in [0.1, 0.15) is 6.42 Å². The molecule has 0 radical (unpaired) electrons. The molecule has 1 heterocycles. The number of allylic oxidation sites excluding steroid dienone is 1. The molecule has 0 aromatic heterocycles. The van der Waals surface area contributed by atoms with Crippen LogP contribution in [0, 0.1) is 5.92 Å². The zero-order chi connectivity index (χ0) is 17.8. The fourth-order valence-electron chi connectivity index (χ4n) is 3.08. The molecular weight excluding hydrogens is 380 g/mol. The molecule has 1 fully saturated rings. The Bertz CT molecular complexity index is 743. The summed E-state index contributed by atoms with van der Waals surface area (Å²) >= 11 is 3.44. The topological polar surface area (TPSA) is 32.8 Å². The summed E-state index contributed by atoms with van der Waals surface area (Å²) in [6, 6.07) is 15.4. The zero-order valence-corrected chi connectivity index (χ0v) is 15.8. The van der Waals surface area contributed by atoms with Gasteiger partial charge in [-0.25, -0.2) is 4.79 Å². The van der Waals surface area contributed by atoms with Crippen molar-refractivity contribution in [2.24, 2.45) is 5.92 Å². The number of hydrogen-bond donors (Lipinski definition) is 0. The van der Waals surface area contributed by atoms with Gasteiger partial charge < -0.3 is 4.74 Å². The highest BCUT2D eigenvalue weighted by atomic mass is 79.9. The standard InChI is InChI=1S/C20H21BrN2O2/c1-3-4-15-13-22(17-7-5-16(21)6-8-17)20(24)23(14-15)18-9-11-19(25-2)12-10-18/h3,5-12,15H,1,4,13-14H2,2H3. The molecule has 1 aliphatic heterocycles. The fraction of sp³-hybridized carbons (Fsp3) is 0.250. The first kappa shape index (κ1) is 17.5. The summed E-state index contributed by atoms with van der Waals surface area (Å²) in [5.41, 5.74) is 1.78. The number of anilines is 2. The summed E-state index contributed by atoms with van der Waals surface area (Å²) in [4.78, 5) is 16.8. The highest BCUT2D eigenvalue weighted by Gasteiger charge is 2.33. The minimum atomic E-state index is -0.00667. The Labute approximate surface area is 156 Å². The van der Waals surface area contributed by atoms with Crippen LogP contribution in [0.2, 0.25) is 0 Å². The Balaban J connectivity index is 1.91. The monoisotopic (exact) mass is 400 g/mol. The average Bonchev–Trinajstić information content (AvgIpc) is 2.64. The van der Waals surface area contributed by atoms with Gasteiger partial charge >= 0.3 is 6.03 Å². The lowest BCUT2D eigenvalue weighted by molar-refractivity contribution is 0.244. The first-order chi connectivity index (χ1) is 12.1. The number of hydrogen-bond acceptors (Lipinski definition) is 2. The van der Waals surface area contributed by atoms with Gasteiger partial charge in [-0.3, -0.25) is 9.80 Å². The Kier molecular flexibility index (Phi) is 5.43. The molecular formula is C20H21BrN2O2. The molecule has 0 bridgehead atoms. The van der Waals surface area contributed by atoms with E-state index < -0.39 is 0 Å². The summed E-state index contributed by atoms with van der Waals surface area (Å²) < 4.78 is 6.21. The lowest BCUT2D eigenvalue weighted by Gasteiger charge is -2.40. The summed E-state index contributed by atoms with van der Waals surface area (Å²) in [5.74, 6) is 1.11. The number of carbonyl (C=O) groups is 1. The van der Waals surface area contributed by atoms with Gasteiger partial charge in [0.1, 0.15) is 5.75 Å². The number of amides is 2. The minimum absolute atomic E-state index is 0.00667. The Morgan fingerprint density at radius 1 is 1.08 bits per heavy atom. The van der Waals surface area contributed by atoms with Gasteiger partial charge in [0.2, 0.25) is 0 Å². The van der Waals surface area contributed by atoms with Gasteiger partial charge in [0.25, 0.3) is 0 Å². The van der Waals surface area contributed by atoms with Gasteiger partial charge in [-0.2, -0.15) is 0 Å². The quantitative estimate of drug-likeness (QED) is 0.654. The molecule has 1 saturated heterocycles. The van der Waals surface area contributed by atoms with E-state index in [-0.39, 0.29) is 6.03 Å². The summed E-state index contributed by atoms with van der Waals surface area (Å²) in [6.45, 7) is 5.24. The van der Waals surface area contributed by atoms with E-state index in [1.165, 1.54) is 0 Å². The number of urea groups is 1. The van der Waals surface area contributed by atoms with E-state index in [0.29, 0.717) is 19.0 Å². The minimum Gasteiger partial charge on any atom is -0.497 e. The zero-order valence-electron chi connectivity index (χ0n) is 14.2. The predicted octanol–water partition coefficient (Wildman–Crippen LogP) is 5.10. The van der Waals surface area contributed by atoms with Crippen LogP contribution in [-0.2, 0) is 0 Å². The molecule has 1 aliphatic rings. The van der Waals surface area contributed by atoms with Crippen LogP contribution in [-0.4, -0.2) is 26.2 Å². The molecule has 0 aliphatic carbocycles. The van der Waals surface area contributed by atoms with Crippen LogP contribution in [0.15, 0.2) is 65.7 Å². The van der Waals surface area contributed by atoms with Gasteiger partial charge in [-0.15, -0.1) is 6.58 Å². The normalized spacial score (nSPS) is 17.5. The van der Waals surface area contributed by atoms with Crippen LogP contribution < -0.4 is 14.5 Å². The molecule has 130 valence electrons. The first-order valence-electron chi connectivity index (χ1n) is 8.22. The van der Waals surface area contributed by atoms with Gasteiger partial charge in [0.15, 0.2) is 0 Å². The SMILES string of the molecule is C=CCC1CN(c2ccc(Br)cc2)C(=O)N(c2ccc(OC)cc2)C1. The maximum atomic E-state index is 13.1. The van der Waals surface area contributed by atoms with Crippen molar-refractivity contribution in [2.45, 2.75) is 6.42 Å². The maximum absolute atomic E-state index is 13.1. The van der Waals surface area contributed by atoms with E-state index >= 15 is 0 Å². The van der Waals surface area contributed by atoms with E-state index in [0.717, 1.165) is 28.0 Å². The third-order valence-corrected chi connectivity index (χ3v) is 4.89. The average molecular weight is 401 g/mol. The molecule has 0 N–H and O–H groups in total. The van der Waals surface area contributed by atoms with Crippen molar-refractivity contribution in [3.63, 3.8) is 0 Å². The smallest absolute Gasteiger partial charge is 0.328 e. The number of rotatable bonds is 5. The second-order valence-electron chi connectivity index (χ2n) is 6.07. The number of benzene rings is 2. The highest BCUT2D eigenvalue weighted by molar-refractivity contribution is 9.10. The molecule has 4 nitrogen and oxygen atoms in total. The number of methoxy groups -OCH3 is 1. The van der Waals surface area contributed by atoms with E-state index in [2.05, 4.69) is 22.5 Å². The van der Waals surface area contributed by atoms with Crippen molar-refractivity contribution in [1.29, 1.82) is 0 Å². The van der Waals surface area contributed by atoms with Crippen molar-refractivity contribution in [3.05, 3.63) is 65.7 Å². The van der Waals surface area contributed by atoms with Gasteiger partial charge in [0, 0.05) is 28.9 Å². The third kappa shape index (κ3) is 3.87. The van der Waals surface area contributed by atoms with Crippen molar-refractivity contribution in [2.75, 3.05) is 30.0 Å². The van der Waals surface area contributed by atoms with Crippen LogP contribution in [0.5, 0.6) is 5.75 Å². The molecule has 3 rings (SSSR count). The predicted molar refractivity (Wildman–Crippen MR) is 106 cm³/mol. The molecule has 2 aromatic carbocycles. The second kappa shape index (κ2) is 7.74. The van der Waals surface area contributed by atoms with E-state index in [4.69, 9.17) is 4.74 Å². The largest absolute Gasteiger partial charge is 0.497 e. The number of halogens is 1. The van der Waals surface area contributed by atoms with Crippen molar-refractivity contribution in [3.8, 4) is 5.75 Å². The number of ether oxygens (including phenoxy) is 1. The van der Waals surface area contributed by atoms with Crippen molar-refractivity contribution < 1.29 is 9.53 Å². The Morgan fingerprint density at radius 2 is 1.60 bits per heavy atom. The molecule has 5 heteroatoms. The van der Waals surface area contributed by atoms with Crippen LogP contribution in [0.3, 0.4) is 0 Å². The molecule has 2 aromatic rings. The lowest BCUT2D eigenvalue weighted by atomic mass is 10.0. The summed E-state index contributed by atoms with van der Waals surface area (Å²) in [5, 5.41) is 0. The van der Waals surface area contributed by atoms with E-state index in [1.807, 2.05) is 64.4 Å². The van der Waals surface area contributed by atoms with Crippen LogP contribution in [0.25, 0.3) is 0 Å². The van der Waals surface area contributed by atoms with Gasteiger partial charge in [-0.05, 0) is 60.9 Å². The second-order valence-corrected chi connectivity index (χ2v) is 6.98. The first-order valence-corrected chi connectivity index (χ1v) is 9.01. The van der Waals surface area contributed by atoms with Crippen molar-refractivity contribution in [1.82, 2.24) is 0 Å². The van der Waals surface area contributed by atoms with E-state index in [1.54, 1.807) is 7.11 Å². The molecule has 25 heavy (non-hydrogen) atoms. The fourth-order valence-corrected chi connectivity index (χ4v) is 3.34. The highest BCUT2D eigenvalue weighted by Crippen LogP contribution is 2.30.